The Morgan fingerprint density at radius 3 is 2.39 bits per heavy atom. The van der Waals surface area contributed by atoms with Gasteiger partial charge in [0.2, 0.25) is 0 Å². The Morgan fingerprint density at radius 1 is 1.33 bits per heavy atom. The van der Waals surface area contributed by atoms with Crippen molar-refractivity contribution in [3.05, 3.63) is 28.0 Å². The summed E-state index contributed by atoms with van der Waals surface area (Å²) in [6, 6.07) is 0.975. The van der Waals surface area contributed by atoms with Crippen LogP contribution in [0.4, 0.5) is 0 Å². The van der Waals surface area contributed by atoms with Gasteiger partial charge in [-0.1, -0.05) is 13.8 Å². The summed E-state index contributed by atoms with van der Waals surface area (Å²) in [7, 11) is 0. The second-order valence-corrected chi connectivity index (χ2v) is 4.15. The third kappa shape index (κ3) is 3.34. The number of pyridine rings is 1. The van der Waals surface area contributed by atoms with Gasteiger partial charge in [0, 0.05) is 12.1 Å². The average Bonchev–Trinajstić information content (AvgIpc) is 2.23. The lowest BCUT2D eigenvalue weighted by molar-refractivity contribution is -0.140. The standard InChI is InChI=1S/C11H14N2O5/c1-5(2)9(11(17)18)13-10(16)6-3-7(14)12-8(15)4-6/h3-5,9H,1-2H3,(H,13,16)(H,17,18)(H2,12,14,15)/t9-/m0/s1. The van der Waals surface area contributed by atoms with Gasteiger partial charge in [0.1, 0.15) is 6.04 Å². The van der Waals surface area contributed by atoms with E-state index in [0.29, 0.717) is 0 Å². The first-order chi connectivity index (χ1) is 8.31. The summed E-state index contributed by atoms with van der Waals surface area (Å²) in [4.78, 5) is 35.8. The zero-order chi connectivity index (χ0) is 13.9. The van der Waals surface area contributed by atoms with Crippen LogP contribution in [-0.2, 0) is 4.79 Å². The molecule has 1 amide bonds. The van der Waals surface area contributed by atoms with Crippen molar-refractivity contribution < 1.29 is 19.8 Å². The van der Waals surface area contributed by atoms with E-state index in [2.05, 4.69) is 10.3 Å². The van der Waals surface area contributed by atoms with Gasteiger partial charge in [0.25, 0.3) is 11.5 Å². The molecule has 0 aromatic carbocycles. The van der Waals surface area contributed by atoms with Gasteiger partial charge >= 0.3 is 5.97 Å². The molecular formula is C11H14N2O5. The van der Waals surface area contributed by atoms with Gasteiger partial charge in [-0.3, -0.25) is 14.6 Å². The number of carboxylic acids is 1. The molecule has 1 heterocycles. The molecule has 0 saturated heterocycles. The normalized spacial score (nSPS) is 12.2. The van der Waals surface area contributed by atoms with Crippen LogP contribution < -0.4 is 10.9 Å². The topological polar surface area (TPSA) is 119 Å². The fraction of sp³-hybridized carbons (Fsp3) is 0.364. The second-order valence-electron chi connectivity index (χ2n) is 4.15. The number of hydrogen-bond donors (Lipinski definition) is 4. The Labute approximate surface area is 102 Å². The number of aliphatic carboxylic acids is 1. The maximum Gasteiger partial charge on any atom is 0.326 e. The second kappa shape index (κ2) is 5.35. The van der Waals surface area contributed by atoms with Crippen molar-refractivity contribution in [3.63, 3.8) is 0 Å². The van der Waals surface area contributed by atoms with Crippen LogP contribution in [0, 0.1) is 5.92 Å². The van der Waals surface area contributed by atoms with Crippen molar-refractivity contribution >= 4 is 11.9 Å². The molecule has 0 aliphatic heterocycles. The van der Waals surface area contributed by atoms with Crippen molar-refractivity contribution in [3.8, 4) is 5.88 Å². The summed E-state index contributed by atoms with van der Waals surface area (Å²) in [5, 5.41) is 20.3. The number of nitrogens with one attached hydrogen (secondary N) is 2. The highest BCUT2D eigenvalue weighted by Crippen LogP contribution is 2.07. The Bertz CT molecular complexity index is 520. The van der Waals surface area contributed by atoms with Crippen LogP contribution in [0.3, 0.4) is 0 Å². The quantitative estimate of drug-likeness (QED) is 0.599. The molecule has 98 valence electrons. The van der Waals surface area contributed by atoms with Crippen LogP contribution in [0.25, 0.3) is 0 Å². The number of aromatic hydroxyl groups is 1. The Morgan fingerprint density at radius 2 is 1.94 bits per heavy atom. The molecular weight excluding hydrogens is 240 g/mol. The van der Waals surface area contributed by atoms with Crippen molar-refractivity contribution in [1.82, 2.24) is 10.3 Å². The SMILES string of the molecule is CC(C)[C@H](NC(=O)c1cc(O)[nH]c(=O)c1)C(=O)O. The number of carbonyl (C=O) groups excluding carboxylic acids is 1. The molecule has 0 bridgehead atoms. The predicted octanol–water partition coefficient (Wildman–Crippen LogP) is -0.0805. The van der Waals surface area contributed by atoms with Gasteiger partial charge in [0.15, 0.2) is 5.88 Å². The molecule has 0 aliphatic rings. The van der Waals surface area contributed by atoms with Crippen molar-refractivity contribution in [2.75, 3.05) is 0 Å². The van der Waals surface area contributed by atoms with E-state index in [9.17, 15) is 14.4 Å². The largest absolute Gasteiger partial charge is 0.494 e. The Hall–Kier alpha value is -2.31. The van der Waals surface area contributed by atoms with Crippen molar-refractivity contribution in [2.45, 2.75) is 19.9 Å². The van der Waals surface area contributed by atoms with Gasteiger partial charge in [-0.15, -0.1) is 0 Å². The first kappa shape index (κ1) is 13.8. The fourth-order valence-electron chi connectivity index (χ4n) is 1.40. The lowest BCUT2D eigenvalue weighted by Gasteiger charge is -2.17. The van der Waals surface area contributed by atoms with Crippen molar-refractivity contribution in [2.24, 2.45) is 5.92 Å². The first-order valence-electron chi connectivity index (χ1n) is 5.28. The summed E-state index contributed by atoms with van der Waals surface area (Å²) < 4.78 is 0. The summed E-state index contributed by atoms with van der Waals surface area (Å²) in [5.74, 6) is -2.64. The molecule has 7 nitrogen and oxygen atoms in total. The molecule has 0 unspecified atom stereocenters. The molecule has 4 N–H and O–H groups in total. The van der Waals surface area contributed by atoms with Gasteiger partial charge < -0.3 is 15.5 Å². The highest BCUT2D eigenvalue weighted by Gasteiger charge is 2.24. The number of hydrogen-bond acceptors (Lipinski definition) is 4. The molecule has 18 heavy (non-hydrogen) atoms. The number of aromatic amines is 1. The molecule has 0 radical (unpaired) electrons. The third-order valence-electron chi connectivity index (χ3n) is 2.31. The van der Waals surface area contributed by atoms with Gasteiger partial charge in [-0.25, -0.2) is 4.79 Å². The number of carbonyl (C=O) groups is 2. The van der Waals surface area contributed by atoms with Crippen LogP contribution >= 0.6 is 0 Å². The number of aromatic nitrogens is 1. The lowest BCUT2D eigenvalue weighted by Crippen LogP contribution is -2.44. The summed E-state index contributed by atoms with van der Waals surface area (Å²) in [5.41, 5.74) is -0.736. The lowest BCUT2D eigenvalue weighted by atomic mass is 10.0. The van der Waals surface area contributed by atoms with E-state index in [0.717, 1.165) is 12.1 Å². The van der Waals surface area contributed by atoms with E-state index in [1.165, 1.54) is 0 Å². The fourth-order valence-corrected chi connectivity index (χ4v) is 1.40. The maximum atomic E-state index is 11.7. The smallest absolute Gasteiger partial charge is 0.326 e. The van der Waals surface area contributed by atoms with Gasteiger partial charge in [-0.05, 0) is 5.92 Å². The molecule has 1 atom stereocenters. The van der Waals surface area contributed by atoms with Crippen LogP contribution in [-0.4, -0.2) is 33.1 Å². The maximum absolute atomic E-state index is 11.7. The van der Waals surface area contributed by atoms with E-state index >= 15 is 0 Å². The van der Waals surface area contributed by atoms with Crippen molar-refractivity contribution in [1.29, 1.82) is 0 Å². The molecule has 1 aromatic heterocycles. The predicted molar refractivity (Wildman–Crippen MR) is 62.5 cm³/mol. The number of rotatable bonds is 4. The molecule has 7 heteroatoms. The molecule has 1 aromatic rings. The number of carboxylic acid groups (broad SMARTS) is 1. The minimum Gasteiger partial charge on any atom is -0.494 e. The third-order valence-corrected chi connectivity index (χ3v) is 2.31. The van der Waals surface area contributed by atoms with Crippen LogP contribution in [0.2, 0.25) is 0 Å². The zero-order valence-electron chi connectivity index (χ0n) is 9.93. The Kier molecular flexibility index (Phi) is 4.09. The van der Waals surface area contributed by atoms with E-state index in [-0.39, 0.29) is 11.5 Å². The molecule has 0 saturated carbocycles. The number of H-pyrrole nitrogens is 1. The van der Waals surface area contributed by atoms with Gasteiger partial charge in [-0.2, -0.15) is 0 Å². The zero-order valence-corrected chi connectivity index (χ0v) is 9.93. The van der Waals surface area contributed by atoms with E-state index in [1.807, 2.05) is 0 Å². The minimum absolute atomic E-state index is 0.0943. The summed E-state index contributed by atoms with van der Waals surface area (Å²) >= 11 is 0. The molecule has 0 aliphatic carbocycles. The highest BCUT2D eigenvalue weighted by atomic mass is 16.4. The van der Waals surface area contributed by atoms with Crippen LogP contribution in [0.5, 0.6) is 5.88 Å². The Balaban J connectivity index is 2.94. The van der Waals surface area contributed by atoms with E-state index in [4.69, 9.17) is 10.2 Å². The highest BCUT2D eigenvalue weighted by molar-refractivity contribution is 5.96. The van der Waals surface area contributed by atoms with E-state index in [1.54, 1.807) is 13.8 Å². The minimum atomic E-state index is -1.16. The van der Waals surface area contributed by atoms with Crippen LogP contribution in [0.1, 0.15) is 24.2 Å². The summed E-state index contributed by atoms with van der Waals surface area (Å²) in [6.07, 6.45) is 0. The molecule has 1 rings (SSSR count). The monoisotopic (exact) mass is 254 g/mol. The molecule has 0 fully saturated rings. The van der Waals surface area contributed by atoms with E-state index < -0.39 is 29.4 Å². The number of amides is 1. The van der Waals surface area contributed by atoms with Gasteiger partial charge in [0.05, 0.1) is 5.56 Å². The first-order valence-corrected chi connectivity index (χ1v) is 5.28. The molecule has 0 spiro atoms. The average molecular weight is 254 g/mol. The summed E-state index contributed by atoms with van der Waals surface area (Å²) in [6.45, 7) is 3.29. The van der Waals surface area contributed by atoms with Crippen LogP contribution in [0.15, 0.2) is 16.9 Å².